The van der Waals surface area contributed by atoms with Crippen molar-refractivity contribution in [3.63, 3.8) is 0 Å². The van der Waals surface area contributed by atoms with Gasteiger partial charge in [-0.15, -0.1) is 0 Å². The molecule has 4 nitrogen and oxygen atoms in total. The van der Waals surface area contributed by atoms with E-state index in [-0.39, 0.29) is 11.7 Å². The summed E-state index contributed by atoms with van der Waals surface area (Å²) in [6.07, 6.45) is 2.05. The third-order valence-corrected chi connectivity index (χ3v) is 3.93. The monoisotopic (exact) mass is 348 g/mol. The maximum absolute atomic E-state index is 10.8. The van der Waals surface area contributed by atoms with Crippen molar-refractivity contribution < 1.29 is 4.92 Å². The molecule has 1 unspecified atom stereocenters. The number of nitrogens with one attached hydrogen (secondary N) is 1. The summed E-state index contributed by atoms with van der Waals surface area (Å²) in [6, 6.07) is 15.2. The highest BCUT2D eigenvalue weighted by molar-refractivity contribution is 9.10. The van der Waals surface area contributed by atoms with Crippen LogP contribution >= 0.6 is 15.9 Å². The number of benzene rings is 2. The molecule has 2 rings (SSSR count). The zero-order chi connectivity index (χ0) is 15.2. The summed E-state index contributed by atoms with van der Waals surface area (Å²) < 4.78 is 0.703. The Morgan fingerprint density at radius 2 is 1.95 bits per heavy atom. The second kappa shape index (κ2) is 7.22. The molecule has 0 heterocycles. The third-order valence-electron chi connectivity index (χ3n) is 3.27. The first kappa shape index (κ1) is 15.5. The highest BCUT2D eigenvalue weighted by atomic mass is 79.9. The minimum Gasteiger partial charge on any atom is -0.377 e. The van der Waals surface area contributed by atoms with Crippen LogP contribution in [-0.2, 0) is 0 Å². The molecule has 0 bridgehead atoms. The Kier molecular flexibility index (Phi) is 5.33. The molecular formula is C16H17BrN2O2. The highest BCUT2D eigenvalue weighted by Crippen LogP contribution is 2.31. The van der Waals surface area contributed by atoms with Gasteiger partial charge >= 0.3 is 0 Å². The number of nitro groups is 1. The lowest BCUT2D eigenvalue weighted by atomic mass is 10.0. The zero-order valence-electron chi connectivity index (χ0n) is 11.8. The van der Waals surface area contributed by atoms with E-state index in [2.05, 4.69) is 40.3 Å². The van der Waals surface area contributed by atoms with Crippen LogP contribution in [0.1, 0.15) is 31.4 Å². The van der Waals surface area contributed by atoms with E-state index < -0.39 is 4.92 Å². The summed E-state index contributed by atoms with van der Waals surface area (Å²) in [5.74, 6) is 0. The van der Waals surface area contributed by atoms with Crippen LogP contribution in [0.2, 0.25) is 0 Å². The number of hydrogen-bond donors (Lipinski definition) is 1. The average molecular weight is 349 g/mol. The summed E-state index contributed by atoms with van der Waals surface area (Å²) >= 11 is 3.40. The fourth-order valence-electron chi connectivity index (χ4n) is 2.22. The standard InChI is InChI=1S/C16H17BrN2O2/c1-2-6-15(12-7-4-3-5-8-12)18-16-10-9-13(19(20)21)11-14(16)17/h3-5,7-11,15,18H,2,6H2,1H3. The van der Waals surface area contributed by atoms with Gasteiger partial charge in [0.25, 0.3) is 5.69 Å². The molecule has 2 aromatic rings. The summed E-state index contributed by atoms with van der Waals surface area (Å²) in [6.45, 7) is 2.14. The number of halogens is 1. The smallest absolute Gasteiger partial charge is 0.270 e. The number of non-ortho nitro benzene ring substituents is 1. The van der Waals surface area contributed by atoms with Crippen LogP contribution < -0.4 is 5.32 Å². The van der Waals surface area contributed by atoms with Gasteiger partial charge in [-0.25, -0.2) is 0 Å². The molecule has 0 aliphatic heterocycles. The number of anilines is 1. The highest BCUT2D eigenvalue weighted by Gasteiger charge is 2.14. The molecular weight excluding hydrogens is 332 g/mol. The van der Waals surface area contributed by atoms with Gasteiger partial charge in [0, 0.05) is 22.3 Å². The molecule has 0 saturated heterocycles. The Bertz CT molecular complexity index is 617. The van der Waals surface area contributed by atoms with Gasteiger partial charge in [-0.1, -0.05) is 43.7 Å². The first-order valence-corrected chi connectivity index (χ1v) is 7.66. The molecule has 21 heavy (non-hydrogen) atoms. The van der Waals surface area contributed by atoms with Gasteiger partial charge in [0.15, 0.2) is 0 Å². The lowest BCUT2D eigenvalue weighted by Crippen LogP contribution is -2.11. The summed E-state index contributed by atoms with van der Waals surface area (Å²) in [7, 11) is 0. The van der Waals surface area contributed by atoms with Crippen LogP contribution in [0.15, 0.2) is 53.0 Å². The molecule has 0 aliphatic carbocycles. The Labute approximate surface area is 132 Å². The summed E-state index contributed by atoms with van der Waals surface area (Å²) in [4.78, 5) is 10.4. The molecule has 5 heteroatoms. The van der Waals surface area contributed by atoms with Crippen LogP contribution in [0, 0.1) is 10.1 Å². The third kappa shape index (κ3) is 4.04. The molecule has 1 atom stereocenters. The van der Waals surface area contributed by atoms with Crippen LogP contribution in [-0.4, -0.2) is 4.92 Å². The number of nitrogens with zero attached hydrogens (tertiary/aromatic N) is 1. The van der Waals surface area contributed by atoms with Crippen molar-refractivity contribution in [2.24, 2.45) is 0 Å². The number of hydrogen-bond acceptors (Lipinski definition) is 3. The SMILES string of the molecule is CCCC(Nc1ccc([N+](=O)[O-])cc1Br)c1ccccc1. The molecule has 0 fully saturated rings. The molecule has 0 amide bonds. The van der Waals surface area contributed by atoms with Gasteiger partial charge in [-0.2, -0.15) is 0 Å². The predicted octanol–water partition coefficient (Wildman–Crippen LogP) is 5.31. The second-order valence-electron chi connectivity index (χ2n) is 4.82. The molecule has 0 aromatic heterocycles. The summed E-state index contributed by atoms with van der Waals surface area (Å²) in [5, 5.41) is 14.2. The fourth-order valence-corrected chi connectivity index (χ4v) is 2.70. The normalized spacial score (nSPS) is 11.9. The number of nitro benzene ring substituents is 1. The average Bonchev–Trinajstić information content (AvgIpc) is 2.49. The van der Waals surface area contributed by atoms with Crippen molar-refractivity contribution in [3.8, 4) is 0 Å². The Morgan fingerprint density at radius 1 is 1.24 bits per heavy atom. The molecule has 1 N–H and O–H groups in total. The first-order chi connectivity index (χ1) is 10.1. The van der Waals surface area contributed by atoms with E-state index in [0.29, 0.717) is 4.47 Å². The van der Waals surface area contributed by atoms with E-state index in [1.807, 2.05) is 18.2 Å². The van der Waals surface area contributed by atoms with E-state index >= 15 is 0 Å². The van der Waals surface area contributed by atoms with Crippen molar-refractivity contribution in [2.45, 2.75) is 25.8 Å². The fraction of sp³-hybridized carbons (Fsp3) is 0.250. The predicted molar refractivity (Wildman–Crippen MR) is 88.5 cm³/mol. The molecule has 110 valence electrons. The van der Waals surface area contributed by atoms with Gasteiger partial charge < -0.3 is 5.32 Å². The minimum atomic E-state index is -0.394. The van der Waals surface area contributed by atoms with Crippen LogP contribution in [0.3, 0.4) is 0 Å². The molecule has 0 spiro atoms. The van der Waals surface area contributed by atoms with Crippen molar-refractivity contribution in [1.29, 1.82) is 0 Å². The largest absolute Gasteiger partial charge is 0.377 e. The van der Waals surface area contributed by atoms with E-state index in [9.17, 15) is 10.1 Å². The van der Waals surface area contributed by atoms with Crippen molar-refractivity contribution in [1.82, 2.24) is 0 Å². The first-order valence-electron chi connectivity index (χ1n) is 6.87. The Balaban J connectivity index is 2.23. The lowest BCUT2D eigenvalue weighted by Gasteiger charge is -2.20. The van der Waals surface area contributed by atoms with E-state index in [1.165, 1.54) is 17.7 Å². The second-order valence-corrected chi connectivity index (χ2v) is 5.67. The Morgan fingerprint density at radius 3 is 2.52 bits per heavy atom. The Hall–Kier alpha value is -1.88. The van der Waals surface area contributed by atoms with Gasteiger partial charge in [0.05, 0.1) is 11.0 Å². The van der Waals surface area contributed by atoms with Crippen molar-refractivity contribution in [2.75, 3.05) is 5.32 Å². The van der Waals surface area contributed by atoms with Gasteiger partial charge in [-0.05, 0) is 34.0 Å². The maximum Gasteiger partial charge on any atom is 0.270 e. The van der Waals surface area contributed by atoms with Crippen LogP contribution in [0.25, 0.3) is 0 Å². The molecule has 0 radical (unpaired) electrons. The van der Waals surface area contributed by atoms with Gasteiger partial charge in [0.2, 0.25) is 0 Å². The maximum atomic E-state index is 10.8. The quantitative estimate of drug-likeness (QED) is 0.568. The van der Waals surface area contributed by atoms with Gasteiger partial charge in [-0.3, -0.25) is 10.1 Å². The van der Waals surface area contributed by atoms with Crippen molar-refractivity contribution in [3.05, 3.63) is 68.7 Å². The van der Waals surface area contributed by atoms with Crippen molar-refractivity contribution >= 4 is 27.3 Å². The van der Waals surface area contributed by atoms with Gasteiger partial charge in [0.1, 0.15) is 0 Å². The van der Waals surface area contributed by atoms with E-state index in [0.717, 1.165) is 18.5 Å². The molecule has 2 aromatic carbocycles. The zero-order valence-corrected chi connectivity index (χ0v) is 13.3. The van der Waals surface area contributed by atoms with Crippen LogP contribution in [0.4, 0.5) is 11.4 Å². The lowest BCUT2D eigenvalue weighted by molar-refractivity contribution is -0.384. The topological polar surface area (TPSA) is 55.2 Å². The minimum absolute atomic E-state index is 0.0826. The molecule has 0 aliphatic rings. The van der Waals surface area contributed by atoms with E-state index in [4.69, 9.17) is 0 Å². The molecule has 0 saturated carbocycles. The number of rotatable bonds is 6. The van der Waals surface area contributed by atoms with Crippen LogP contribution in [0.5, 0.6) is 0 Å². The van der Waals surface area contributed by atoms with E-state index in [1.54, 1.807) is 6.07 Å². The summed E-state index contributed by atoms with van der Waals surface area (Å²) in [5.41, 5.74) is 2.16.